The Morgan fingerprint density at radius 2 is 1.38 bits per heavy atom. The van der Waals surface area contributed by atoms with Crippen LogP contribution in [0.3, 0.4) is 0 Å². The third kappa shape index (κ3) is 8.01. The zero-order chi connectivity index (χ0) is 26.8. The average molecular weight is 504 g/mol. The Morgan fingerprint density at radius 1 is 0.811 bits per heavy atom. The van der Waals surface area contributed by atoms with Gasteiger partial charge in [0.25, 0.3) is 0 Å². The summed E-state index contributed by atoms with van der Waals surface area (Å²) in [5, 5.41) is 14.9. The van der Waals surface area contributed by atoms with Crippen molar-refractivity contribution in [3.8, 4) is 0 Å². The van der Waals surface area contributed by atoms with Gasteiger partial charge in [-0.1, -0.05) is 84.9 Å². The number of alkyl carbamates (subject to hydrolysis) is 1. The SMILES string of the molecule is C[C@@H](O)[C@H](NC(=O)OCc1ccccc1)C(=O)N[C@@H](Cc1ccc(C(=O)c2ccccc2)cc1)C(N)=O. The van der Waals surface area contributed by atoms with Gasteiger partial charge in [-0.3, -0.25) is 14.4 Å². The number of carbonyl (C=O) groups excluding carboxylic acids is 4. The predicted octanol–water partition coefficient (Wildman–Crippen LogP) is 2.11. The standard InChI is InChI=1S/C28H29N3O6/c1-18(32)24(31-28(36)37-17-20-8-4-2-5-9-20)27(35)30-23(26(29)34)16-19-12-14-22(15-13-19)25(33)21-10-6-3-7-11-21/h2-15,18,23-24,32H,16-17H2,1H3,(H2,29,34)(H,30,35)(H,31,36)/t18-,23+,24+/m1/s1. The van der Waals surface area contributed by atoms with Gasteiger partial charge in [-0.25, -0.2) is 4.79 Å². The highest BCUT2D eigenvalue weighted by molar-refractivity contribution is 6.08. The summed E-state index contributed by atoms with van der Waals surface area (Å²) in [6, 6.07) is 21.9. The third-order valence-electron chi connectivity index (χ3n) is 5.60. The summed E-state index contributed by atoms with van der Waals surface area (Å²) in [6.07, 6.45) is -2.13. The van der Waals surface area contributed by atoms with Gasteiger partial charge in [0.05, 0.1) is 6.10 Å². The first-order valence-corrected chi connectivity index (χ1v) is 11.7. The number of hydrogen-bond donors (Lipinski definition) is 4. The molecule has 0 fully saturated rings. The maximum atomic E-state index is 12.8. The van der Waals surface area contributed by atoms with Gasteiger partial charge in [-0.15, -0.1) is 0 Å². The minimum absolute atomic E-state index is 0.0203. The molecule has 0 heterocycles. The van der Waals surface area contributed by atoms with Crippen molar-refractivity contribution in [1.82, 2.24) is 10.6 Å². The molecule has 3 aromatic carbocycles. The van der Waals surface area contributed by atoms with Crippen LogP contribution in [0.1, 0.15) is 34.0 Å². The second kappa shape index (κ2) is 13.0. The molecule has 0 unspecified atom stereocenters. The van der Waals surface area contributed by atoms with Crippen molar-refractivity contribution in [2.45, 2.75) is 38.1 Å². The molecule has 0 aliphatic heterocycles. The number of primary amides is 1. The zero-order valence-corrected chi connectivity index (χ0v) is 20.3. The van der Waals surface area contributed by atoms with Crippen LogP contribution in [-0.4, -0.2) is 47.0 Å². The van der Waals surface area contributed by atoms with Crippen LogP contribution in [0.4, 0.5) is 4.79 Å². The Kier molecular flexibility index (Phi) is 9.51. The van der Waals surface area contributed by atoms with Gasteiger partial charge in [-0.2, -0.15) is 0 Å². The van der Waals surface area contributed by atoms with Crippen LogP contribution in [0.2, 0.25) is 0 Å². The van der Waals surface area contributed by atoms with E-state index in [-0.39, 0.29) is 18.8 Å². The van der Waals surface area contributed by atoms with E-state index in [1.807, 2.05) is 12.1 Å². The summed E-state index contributed by atoms with van der Waals surface area (Å²) in [5.74, 6) is -1.74. The van der Waals surface area contributed by atoms with E-state index >= 15 is 0 Å². The van der Waals surface area contributed by atoms with Crippen LogP contribution in [0.5, 0.6) is 0 Å². The second-order valence-corrected chi connectivity index (χ2v) is 8.48. The summed E-state index contributed by atoms with van der Waals surface area (Å²) < 4.78 is 5.11. The van der Waals surface area contributed by atoms with Crippen LogP contribution in [0.15, 0.2) is 84.9 Å². The first-order valence-electron chi connectivity index (χ1n) is 11.7. The number of rotatable bonds is 11. The minimum Gasteiger partial charge on any atom is -0.445 e. The second-order valence-electron chi connectivity index (χ2n) is 8.48. The highest BCUT2D eigenvalue weighted by Crippen LogP contribution is 2.13. The molecule has 0 spiro atoms. The lowest BCUT2D eigenvalue weighted by atomic mass is 9.99. The fourth-order valence-corrected chi connectivity index (χ4v) is 3.57. The number of benzene rings is 3. The molecule has 0 bridgehead atoms. The Labute approximate surface area is 214 Å². The fourth-order valence-electron chi connectivity index (χ4n) is 3.57. The molecule has 9 nitrogen and oxygen atoms in total. The van der Waals surface area contributed by atoms with Crippen LogP contribution in [0.25, 0.3) is 0 Å². The smallest absolute Gasteiger partial charge is 0.408 e. The molecule has 3 amide bonds. The lowest BCUT2D eigenvalue weighted by molar-refractivity contribution is -0.130. The van der Waals surface area contributed by atoms with E-state index in [1.54, 1.807) is 72.8 Å². The zero-order valence-electron chi connectivity index (χ0n) is 20.3. The topological polar surface area (TPSA) is 148 Å². The number of ketones is 1. The number of amides is 3. The van der Waals surface area contributed by atoms with E-state index in [9.17, 15) is 24.3 Å². The molecule has 3 atom stereocenters. The van der Waals surface area contributed by atoms with E-state index < -0.39 is 36.1 Å². The van der Waals surface area contributed by atoms with E-state index in [2.05, 4.69) is 10.6 Å². The van der Waals surface area contributed by atoms with Crippen LogP contribution < -0.4 is 16.4 Å². The summed E-state index contributed by atoms with van der Waals surface area (Å²) in [5.41, 5.74) is 7.92. The third-order valence-corrected chi connectivity index (χ3v) is 5.60. The van der Waals surface area contributed by atoms with Crippen LogP contribution in [0, 0.1) is 0 Å². The Hall–Kier alpha value is -4.50. The lowest BCUT2D eigenvalue weighted by Crippen LogP contribution is -2.57. The Bertz CT molecular complexity index is 1210. The molecular formula is C28H29N3O6. The maximum Gasteiger partial charge on any atom is 0.408 e. The van der Waals surface area contributed by atoms with Gasteiger partial charge in [0.1, 0.15) is 18.7 Å². The molecule has 0 aliphatic carbocycles. The molecular weight excluding hydrogens is 474 g/mol. The molecule has 192 valence electrons. The van der Waals surface area contributed by atoms with Crippen molar-refractivity contribution >= 4 is 23.7 Å². The number of aliphatic hydroxyl groups is 1. The van der Waals surface area contributed by atoms with Crippen LogP contribution >= 0.6 is 0 Å². The monoisotopic (exact) mass is 503 g/mol. The molecule has 0 saturated heterocycles. The van der Waals surface area contributed by atoms with E-state index in [1.165, 1.54) is 6.92 Å². The molecule has 5 N–H and O–H groups in total. The van der Waals surface area contributed by atoms with Gasteiger partial charge >= 0.3 is 6.09 Å². The number of hydrogen-bond acceptors (Lipinski definition) is 6. The normalized spacial score (nSPS) is 13.0. The van der Waals surface area contributed by atoms with Gasteiger partial charge < -0.3 is 26.2 Å². The quantitative estimate of drug-likeness (QED) is 0.295. The largest absolute Gasteiger partial charge is 0.445 e. The summed E-state index contributed by atoms with van der Waals surface area (Å²) in [4.78, 5) is 49.6. The number of nitrogens with one attached hydrogen (secondary N) is 2. The number of nitrogens with two attached hydrogens (primary N) is 1. The predicted molar refractivity (Wildman–Crippen MR) is 136 cm³/mol. The van der Waals surface area contributed by atoms with Crippen molar-refractivity contribution in [3.05, 3.63) is 107 Å². The average Bonchev–Trinajstić information content (AvgIpc) is 2.91. The summed E-state index contributed by atoms with van der Waals surface area (Å²) >= 11 is 0. The summed E-state index contributed by atoms with van der Waals surface area (Å²) in [7, 11) is 0. The molecule has 0 radical (unpaired) electrons. The van der Waals surface area contributed by atoms with Gasteiger partial charge in [-0.05, 0) is 18.1 Å². The lowest BCUT2D eigenvalue weighted by Gasteiger charge is -2.23. The van der Waals surface area contributed by atoms with Crippen molar-refractivity contribution in [1.29, 1.82) is 0 Å². The fraction of sp³-hybridized carbons (Fsp3) is 0.214. The molecule has 9 heteroatoms. The van der Waals surface area contributed by atoms with Crippen molar-refractivity contribution in [2.24, 2.45) is 5.73 Å². The van der Waals surface area contributed by atoms with E-state index in [0.29, 0.717) is 16.7 Å². The van der Waals surface area contributed by atoms with Crippen molar-refractivity contribution < 1.29 is 29.0 Å². The first kappa shape index (κ1) is 27.1. The minimum atomic E-state index is -1.38. The highest BCUT2D eigenvalue weighted by atomic mass is 16.5. The van der Waals surface area contributed by atoms with Crippen molar-refractivity contribution in [3.63, 3.8) is 0 Å². The highest BCUT2D eigenvalue weighted by Gasteiger charge is 2.29. The molecule has 3 rings (SSSR count). The van der Waals surface area contributed by atoms with Gasteiger partial charge in [0.15, 0.2) is 5.78 Å². The number of aliphatic hydroxyl groups excluding tert-OH is 1. The van der Waals surface area contributed by atoms with Gasteiger partial charge in [0, 0.05) is 17.5 Å². The molecule has 0 saturated carbocycles. The molecule has 0 aliphatic rings. The van der Waals surface area contributed by atoms with E-state index in [0.717, 1.165) is 5.56 Å². The summed E-state index contributed by atoms with van der Waals surface area (Å²) in [6.45, 7) is 1.30. The Morgan fingerprint density at radius 3 is 1.95 bits per heavy atom. The molecule has 3 aromatic rings. The first-order chi connectivity index (χ1) is 17.7. The number of carbonyl (C=O) groups is 4. The van der Waals surface area contributed by atoms with Gasteiger partial charge in [0.2, 0.25) is 11.8 Å². The van der Waals surface area contributed by atoms with Crippen molar-refractivity contribution in [2.75, 3.05) is 0 Å². The Balaban J connectivity index is 1.60. The molecule has 0 aromatic heterocycles. The number of ether oxygens (including phenoxy) is 1. The maximum absolute atomic E-state index is 12.8. The van der Waals surface area contributed by atoms with E-state index in [4.69, 9.17) is 10.5 Å². The van der Waals surface area contributed by atoms with Crippen LogP contribution in [-0.2, 0) is 27.4 Å². The molecule has 37 heavy (non-hydrogen) atoms.